The number of halogens is 1. The second-order valence-electron chi connectivity index (χ2n) is 4.56. The molecule has 0 amide bonds. The van der Waals surface area contributed by atoms with E-state index in [4.69, 9.17) is 11.7 Å². The molecule has 0 radical (unpaired) electrons. The van der Waals surface area contributed by atoms with Crippen molar-refractivity contribution in [2.75, 3.05) is 37.6 Å². The van der Waals surface area contributed by atoms with Gasteiger partial charge in [0.05, 0.1) is 11.3 Å². The molecule has 1 aliphatic heterocycles. The monoisotopic (exact) mass is 257 g/mol. The fourth-order valence-corrected chi connectivity index (χ4v) is 2.31. The smallest absolute Gasteiger partial charge is 0.124 e. The summed E-state index contributed by atoms with van der Waals surface area (Å²) in [4.78, 5) is 4.44. The summed E-state index contributed by atoms with van der Waals surface area (Å²) < 4.78 is 13.1. The van der Waals surface area contributed by atoms with Crippen molar-refractivity contribution in [3.05, 3.63) is 29.6 Å². The van der Waals surface area contributed by atoms with Gasteiger partial charge in [-0.3, -0.25) is 4.90 Å². The molecule has 1 aromatic rings. The van der Waals surface area contributed by atoms with E-state index in [2.05, 4.69) is 21.8 Å². The topological polar surface area (TPSA) is 30.3 Å². The summed E-state index contributed by atoms with van der Waals surface area (Å²) in [6.45, 7) is 4.43. The van der Waals surface area contributed by atoms with Gasteiger partial charge < -0.3 is 4.90 Å². The molecule has 0 atom stereocenters. The number of hydrogen-bond acceptors (Lipinski definition) is 3. The Hall–Kier alpha value is -2.04. The third-order valence-corrected chi connectivity index (χ3v) is 3.36. The number of nitriles is 1. The highest BCUT2D eigenvalue weighted by Gasteiger charge is 2.18. The molecule has 1 heterocycles. The Labute approximate surface area is 113 Å². The first kappa shape index (κ1) is 13.4. The highest BCUT2D eigenvalue weighted by atomic mass is 19.1. The predicted molar refractivity (Wildman–Crippen MR) is 73.2 cm³/mol. The Kier molecular flexibility index (Phi) is 4.39. The maximum absolute atomic E-state index is 13.1. The van der Waals surface area contributed by atoms with E-state index in [0.29, 0.717) is 5.56 Å². The molecule has 0 spiro atoms. The largest absolute Gasteiger partial charge is 0.368 e. The Morgan fingerprint density at radius 1 is 1.26 bits per heavy atom. The van der Waals surface area contributed by atoms with Gasteiger partial charge >= 0.3 is 0 Å². The van der Waals surface area contributed by atoms with E-state index in [9.17, 15) is 4.39 Å². The highest BCUT2D eigenvalue weighted by Crippen LogP contribution is 2.22. The maximum Gasteiger partial charge on any atom is 0.124 e. The first-order valence-electron chi connectivity index (χ1n) is 6.35. The zero-order valence-corrected chi connectivity index (χ0v) is 10.8. The van der Waals surface area contributed by atoms with Crippen LogP contribution in [0.2, 0.25) is 0 Å². The Morgan fingerprint density at radius 3 is 2.63 bits per heavy atom. The van der Waals surface area contributed by atoms with Crippen LogP contribution in [-0.2, 0) is 0 Å². The van der Waals surface area contributed by atoms with Gasteiger partial charge in [0.2, 0.25) is 0 Å². The minimum Gasteiger partial charge on any atom is -0.368 e. The van der Waals surface area contributed by atoms with Crippen LogP contribution in [0.3, 0.4) is 0 Å². The fraction of sp³-hybridized carbons (Fsp3) is 0.400. The van der Waals surface area contributed by atoms with Crippen molar-refractivity contribution in [3.63, 3.8) is 0 Å². The zero-order chi connectivity index (χ0) is 13.7. The Bertz CT molecular complexity index is 519. The van der Waals surface area contributed by atoms with Crippen LogP contribution < -0.4 is 4.90 Å². The van der Waals surface area contributed by atoms with Gasteiger partial charge in [0.1, 0.15) is 11.9 Å². The van der Waals surface area contributed by atoms with Gasteiger partial charge in [-0.15, -0.1) is 12.3 Å². The van der Waals surface area contributed by atoms with Gasteiger partial charge in [-0.2, -0.15) is 5.26 Å². The predicted octanol–water partition coefficient (Wildman–Crippen LogP) is 1.84. The second-order valence-corrected chi connectivity index (χ2v) is 4.56. The molecule has 0 aromatic heterocycles. The lowest BCUT2D eigenvalue weighted by atomic mass is 10.1. The maximum atomic E-state index is 13.1. The summed E-state index contributed by atoms with van der Waals surface area (Å²) in [5.74, 6) is 2.27. The van der Waals surface area contributed by atoms with E-state index < -0.39 is 0 Å². The van der Waals surface area contributed by atoms with Gasteiger partial charge in [-0.25, -0.2) is 4.39 Å². The molecule has 3 nitrogen and oxygen atoms in total. The van der Waals surface area contributed by atoms with Crippen molar-refractivity contribution in [1.29, 1.82) is 5.26 Å². The molecular weight excluding hydrogens is 241 g/mol. The highest BCUT2D eigenvalue weighted by molar-refractivity contribution is 5.59. The molecule has 2 rings (SSSR count). The SMILES string of the molecule is C#CCCN1CCN(c2ccc(F)cc2C#N)CC1. The third-order valence-electron chi connectivity index (χ3n) is 3.36. The number of hydrogen-bond donors (Lipinski definition) is 0. The normalized spacial score (nSPS) is 15.8. The van der Waals surface area contributed by atoms with Gasteiger partial charge in [-0.05, 0) is 18.2 Å². The molecular formula is C15H16FN3. The lowest BCUT2D eigenvalue weighted by Crippen LogP contribution is -2.46. The van der Waals surface area contributed by atoms with Crippen molar-refractivity contribution < 1.29 is 4.39 Å². The van der Waals surface area contributed by atoms with Crippen LogP contribution in [0.4, 0.5) is 10.1 Å². The lowest BCUT2D eigenvalue weighted by Gasteiger charge is -2.36. The summed E-state index contributed by atoms with van der Waals surface area (Å²) in [6.07, 6.45) is 6.02. The molecule has 0 N–H and O–H groups in total. The summed E-state index contributed by atoms with van der Waals surface area (Å²) in [6, 6.07) is 6.44. The molecule has 98 valence electrons. The van der Waals surface area contributed by atoms with Gasteiger partial charge in [0, 0.05) is 39.1 Å². The van der Waals surface area contributed by atoms with Crippen LogP contribution in [0.15, 0.2) is 18.2 Å². The van der Waals surface area contributed by atoms with Crippen molar-refractivity contribution >= 4 is 5.69 Å². The van der Waals surface area contributed by atoms with E-state index in [0.717, 1.165) is 44.8 Å². The third kappa shape index (κ3) is 3.24. The summed E-state index contributed by atoms with van der Waals surface area (Å²) in [7, 11) is 0. The van der Waals surface area contributed by atoms with Crippen molar-refractivity contribution in [2.45, 2.75) is 6.42 Å². The van der Waals surface area contributed by atoms with Crippen molar-refractivity contribution in [1.82, 2.24) is 4.90 Å². The number of benzene rings is 1. The molecule has 1 fully saturated rings. The molecule has 0 unspecified atom stereocenters. The summed E-state index contributed by atoms with van der Waals surface area (Å²) in [5.41, 5.74) is 1.22. The Balaban J connectivity index is 2.02. The molecule has 1 aromatic carbocycles. The molecule has 0 saturated carbocycles. The minimum absolute atomic E-state index is 0.368. The van der Waals surface area contributed by atoms with Crippen LogP contribution in [0.1, 0.15) is 12.0 Å². The number of rotatable bonds is 3. The minimum atomic E-state index is -0.368. The van der Waals surface area contributed by atoms with Crippen LogP contribution in [0.5, 0.6) is 0 Å². The lowest BCUT2D eigenvalue weighted by molar-refractivity contribution is 0.264. The van der Waals surface area contributed by atoms with E-state index in [-0.39, 0.29) is 5.82 Å². The molecule has 1 aliphatic rings. The van der Waals surface area contributed by atoms with E-state index >= 15 is 0 Å². The van der Waals surface area contributed by atoms with Crippen molar-refractivity contribution in [2.24, 2.45) is 0 Å². The number of anilines is 1. The van der Waals surface area contributed by atoms with Crippen LogP contribution in [0.25, 0.3) is 0 Å². The van der Waals surface area contributed by atoms with Gasteiger partial charge in [-0.1, -0.05) is 0 Å². The zero-order valence-electron chi connectivity index (χ0n) is 10.8. The van der Waals surface area contributed by atoms with Gasteiger partial charge in [0.15, 0.2) is 0 Å². The Morgan fingerprint density at radius 2 is 2.00 bits per heavy atom. The van der Waals surface area contributed by atoms with Crippen LogP contribution in [0, 0.1) is 29.5 Å². The van der Waals surface area contributed by atoms with Crippen LogP contribution >= 0.6 is 0 Å². The quantitative estimate of drug-likeness (QED) is 0.774. The molecule has 19 heavy (non-hydrogen) atoms. The summed E-state index contributed by atoms with van der Waals surface area (Å²) >= 11 is 0. The molecule has 0 bridgehead atoms. The summed E-state index contributed by atoms with van der Waals surface area (Å²) in [5, 5.41) is 9.07. The van der Waals surface area contributed by atoms with Gasteiger partial charge in [0.25, 0.3) is 0 Å². The standard InChI is InChI=1S/C15H16FN3/c1-2-3-6-18-7-9-19(10-8-18)15-5-4-14(16)11-13(15)12-17/h1,4-5,11H,3,6-10H2. The fourth-order valence-electron chi connectivity index (χ4n) is 2.31. The van der Waals surface area contributed by atoms with E-state index in [1.807, 2.05) is 0 Å². The molecule has 4 heteroatoms. The second kappa shape index (κ2) is 6.22. The van der Waals surface area contributed by atoms with Crippen LogP contribution in [-0.4, -0.2) is 37.6 Å². The molecule has 0 aliphatic carbocycles. The number of piperazine rings is 1. The first-order chi connectivity index (χ1) is 9.24. The first-order valence-corrected chi connectivity index (χ1v) is 6.35. The molecule has 1 saturated heterocycles. The average molecular weight is 257 g/mol. The average Bonchev–Trinajstić information content (AvgIpc) is 2.45. The number of nitrogens with zero attached hydrogens (tertiary/aromatic N) is 3. The van der Waals surface area contributed by atoms with E-state index in [1.54, 1.807) is 6.07 Å². The number of terminal acetylenes is 1. The van der Waals surface area contributed by atoms with Crippen molar-refractivity contribution in [3.8, 4) is 18.4 Å². The van der Waals surface area contributed by atoms with E-state index in [1.165, 1.54) is 12.1 Å².